The van der Waals surface area contributed by atoms with E-state index in [0.717, 1.165) is 42.3 Å². The standard InChI is InChI=1S/C14H18BrClO2/c1-17-11-3-2-4-12(8-11)18-14-6-5-10(9-15)7-13(14)16/h5-7,11-12H,2-4,8-9H2,1H3. The molecule has 18 heavy (non-hydrogen) atoms. The van der Waals surface area contributed by atoms with Gasteiger partial charge in [-0.05, 0) is 37.0 Å². The maximum absolute atomic E-state index is 6.22. The first-order valence-corrected chi connectivity index (χ1v) is 7.76. The summed E-state index contributed by atoms with van der Waals surface area (Å²) in [5, 5.41) is 1.49. The number of ether oxygens (including phenoxy) is 2. The van der Waals surface area contributed by atoms with Crippen molar-refractivity contribution in [3.63, 3.8) is 0 Å². The molecule has 1 aliphatic rings. The third-order valence-electron chi connectivity index (χ3n) is 3.36. The Balaban J connectivity index is 2.00. The van der Waals surface area contributed by atoms with Crippen LogP contribution in [-0.2, 0) is 10.1 Å². The quantitative estimate of drug-likeness (QED) is 0.751. The van der Waals surface area contributed by atoms with E-state index < -0.39 is 0 Å². The van der Waals surface area contributed by atoms with E-state index in [0.29, 0.717) is 11.1 Å². The van der Waals surface area contributed by atoms with Crippen LogP contribution in [0, 0.1) is 0 Å². The first-order valence-electron chi connectivity index (χ1n) is 6.26. The fourth-order valence-corrected chi connectivity index (χ4v) is 2.92. The molecule has 1 fully saturated rings. The molecule has 0 bridgehead atoms. The van der Waals surface area contributed by atoms with Crippen LogP contribution in [0.1, 0.15) is 31.2 Å². The van der Waals surface area contributed by atoms with E-state index in [1.807, 2.05) is 18.2 Å². The Morgan fingerprint density at radius 3 is 2.78 bits per heavy atom. The molecule has 100 valence electrons. The zero-order valence-corrected chi connectivity index (χ0v) is 12.8. The molecule has 1 aromatic rings. The number of hydrogen-bond acceptors (Lipinski definition) is 2. The Morgan fingerprint density at radius 1 is 1.33 bits per heavy atom. The fraction of sp³-hybridized carbons (Fsp3) is 0.571. The van der Waals surface area contributed by atoms with Crippen LogP contribution in [0.2, 0.25) is 5.02 Å². The molecule has 1 aliphatic carbocycles. The molecule has 1 saturated carbocycles. The molecule has 0 saturated heterocycles. The largest absolute Gasteiger partial charge is 0.489 e. The van der Waals surface area contributed by atoms with Gasteiger partial charge in [0.2, 0.25) is 0 Å². The molecule has 0 spiro atoms. The van der Waals surface area contributed by atoms with Gasteiger partial charge in [-0.15, -0.1) is 0 Å². The Morgan fingerprint density at radius 2 is 2.11 bits per heavy atom. The Bertz CT molecular complexity index is 397. The monoisotopic (exact) mass is 332 g/mol. The van der Waals surface area contributed by atoms with Gasteiger partial charge in [0.05, 0.1) is 11.1 Å². The summed E-state index contributed by atoms with van der Waals surface area (Å²) in [6, 6.07) is 5.93. The predicted octanol–water partition coefficient (Wildman–Crippen LogP) is 4.57. The second-order valence-corrected chi connectivity index (χ2v) is 5.63. The van der Waals surface area contributed by atoms with Gasteiger partial charge in [-0.2, -0.15) is 0 Å². The van der Waals surface area contributed by atoms with E-state index in [4.69, 9.17) is 21.1 Å². The molecule has 0 radical (unpaired) electrons. The topological polar surface area (TPSA) is 18.5 Å². The lowest BCUT2D eigenvalue weighted by molar-refractivity contribution is 0.0210. The molecule has 0 aliphatic heterocycles. The van der Waals surface area contributed by atoms with Crippen LogP contribution >= 0.6 is 27.5 Å². The van der Waals surface area contributed by atoms with Crippen LogP contribution in [-0.4, -0.2) is 19.3 Å². The molecule has 0 heterocycles. The van der Waals surface area contributed by atoms with Gasteiger partial charge in [-0.3, -0.25) is 0 Å². The molecule has 4 heteroatoms. The second kappa shape index (κ2) is 6.78. The van der Waals surface area contributed by atoms with Crippen molar-refractivity contribution in [1.82, 2.24) is 0 Å². The first-order chi connectivity index (χ1) is 8.72. The van der Waals surface area contributed by atoms with Gasteiger partial charge in [0, 0.05) is 18.9 Å². The number of benzene rings is 1. The Kier molecular flexibility index (Phi) is 5.34. The highest BCUT2D eigenvalue weighted by molar-refractivity contribution is 9.08. The van der Waals surface area contributed by atoms with E-state index in [1.165, 1.54) is 0 Å². The average Bonchev–Trinajstić information content (AvgIpc) is 2.41. The Labute approximate surface area is 122 Å². The van der Waals surface area contributed by atoms with Crippen molar-refractivity contribution >= 4 is 27.5 Å². The molecule has 0 amide bonds. The van der Waals surface area contributed by atoms with Crippen LogP contribution in [0.15, 0.2) is 18.2 Å². The zero-order valence-electron chi connectivity index (χ0n) is 10.5. The van der Waals surface area contributed by atoms with E-state index >= 15 is 0 Å². The number of halogens is 2. The van der Waals surface area contributed by atoms with E-state index in [-0.39, 0.29) is 6.10 Å². The van der Waals surface area contributed by atoms with Crippen LogP contribution < -0.4 is 4.74 Å². The number of methoxy groups -OCH3 is 1. The molecule has 2 nitrogen and oxygen atoms in total. The van der Waals surface area contributed by atoms with Crippen molar-refractivity contribution in [2.45, 2.75) is 43.2 Å². The van der Waals surface area contributed by atoms with Crippen LogP contribution in [0.5, 0.6) is 5.75 Å². The minimum Gasteiger partial charge on any atom is -0.489 e. The van der Waals surface area contributed by atoms with Gasteiger partial charge in [-0.1, -0.05) is 33.6 Å². The summed E-state index contributed by atoms with van der Waals surface area (Å²) in [5.41, 5.74) is 1.16. The lowest BCUT2D eigenvalue weighted by Crippen LogP contribution is -2.29. The molecular formula is C14H18BrClO2. The van der Waals surface area contributed by atoms with Gasteiger partial charge < -0.3 is 9.47 Å². The lowest BCUT2D eigenvalue weighted by Gasteiger charge is -2.29. The molecule has 2 unspecified atom stereocenters. The summed E-state index contributed by atoms with van der Waals surface area (Å²) in [7, 11) is 1.77. The third-order valence-corrected chi connectivity index (χ3v) is 4.30. The summed E-state index contributed by atoms with van der Waals surface area (Å²) in [6.45, 7) is 0. The van der Waals surface area contributed by atoms with Crippen molar-refractivity contribution in [3.05, 3.63) is 28.8 Å². The maximum atomic E-state index is 6.22. The molecule has 2 atom stereocenters. The molecule has 1 aromatic carbocycles. The average molecular weight is 334 g/mol. The molecule has 2 rings (SSSR count). The third kappa shape index (κ3) is 3.62. The summed E-state index contributed by atoms with van der Waals surface area (Å²) in [4.78, 5) is 0. The van der Waals surface area contributed by atoms with Crippen LogP contribution in [0.4, 0.5) is 0 Å². The minimum absolute atomic E-state index is 0.219. The SMILES string of the molecule is COC1CCCC(Oc2ccc(CBr)cc2Cl)C1. The predicted molar refractivity (Wildman–Crippen MR) is 77.8 cm³/mol. The van der Waals surface area contributed by atoms with E-state index in [2.05, 4.69) is 15.9 Å². The van der Waals surface area contributed by atoms with Crippen molar-refractivity contribution in [1.29, 1.82) is 0 Å². The second-order valence-electron chi connectivity index (χ2n) is 4.66. The number of rotatable bonds is 4. The summed E-state index contributed by atoms with van der Waals surface area (Å²) >= 11 is 9.64. The highest BCUT2D eigenvalue weighted by atomic mass is 79.9. The van der Waals surface area contributed by atoms with Gasteiger partial charge in [0.25, 0.3) is 0 Å². The highest BCUT2D eigenvalue weighted by Crippen LogP contribution is 2.31. The summed E-state index contributed by atoms with van der Waals surface area (Å²) < 4.78 is 11.4. The minimum atomic E-state index is 0.219. The van der Waals surface area contributed by atoms with Gasteiger partial charge in [0.15, 0.2) is 0 Å². The normalized spacial score (nSPS) is 23.9. The van der Waals surface area contributed by atoms with Crippen molar-refractivity contribution in [3.8, 4) is 5.75 Å². The Hall–Kier alpha value is -0.250. The molecule has 0 N–H and O–H groups in total. The van der Waals surface area contributed by atoms with Crippen LogP contribution in [0.25, 0.3) is 0 Å². The number of alkyl halides is 1. The van der Waals surface area contributed by atoms with Crippen molar-refractivity contribution in [2.75, 3.05) is 7.11 Å². The smallest absolute Gasteiger partial charge is 0.138 e. The van der Waals surface area contributed by atoms with Crippen LogP contribution in [0.3, 0.4) is 0 Å². The summed E-state index contributed by atoms with van der Waals surface area (Å²) in [5.74, 6) is 0.781. The lowest BCUT2D eigenvalue weighted by atomic mass is 9.95. The molecular weight excluding hydrogens is 316 g/mol. The fourth-order valence-electron chi connectivity index (χ4n) is 2.33. The summed E-state index contributed by atoms with van der Waals surface area (Å²) in [6.07, 6.45) is 4.86. The van der Waals surface area contributed by atoms with Crippen molar-refractivity contribution < 1.29 is 9.47 Å². The molecule has 0 aromatic heterocycles. The zero-order chi connectivity index (χ0) is 13.0. The van der Waals surface area contributed by atoms with E-state index in [1.54, 1.807) is 7.11 Å². The van der Waals surface area contributed by atoms with Crippen molar-refractivity contribution in [2.24, 2.45) is 0 Å². The first kappa shape index (κ1) is 14.2. The van der Waals surface area contributed by atoms with Gasteiger partial charge >= 0.3 is 0 Å². The van der Waals surface area contributed by atoms with E-state index in [9.17, 15) is 0 Å². The number of hydrogen-bond donors (Lipinski definition) is 0. The van der Waals surface area contributed by atoms with Gasteiger partial charge in [-0.25, -0.2) is 0 Å². The highest BCUT2D eigenvalue weighted by Gasteiger charge is 2.23. The maximum Gasteiger partial charge on any atom is 0.138 e. The van der Waals surface area contributed by atoms with Gasteiger partial charge in [0.1, 0.15) is 11.9 Å².